The first-order valence-corrected chi connectivity index (χ1v) is 8.34. The van der Waals surface area contributed by atoms with Gasteiger partial charge in [-0.15, -0.1) is 0 Å². The van der Waals surface area contributed by atoms with E-state index in [1.807, 2.05) is 42.5 Å². The van der Waals surface area contributed by atoms with E-state index in [1.165, 1.54) is 12.8 Å². The number of rotatable bonds is 3. The van der Waals surface area contributed by atoms with E-state index in [0.29, 0.717) is 23.8 Å². The highest BCUT2D eigenvalue weighted by Gasteiger charge is 2.34. The van der Waals surface area contributed by atoms with Crippen molar-refractivity contribution >= 4 is 0 Å². The van der Waals surface area contributed by atoms with Crippen LogP contribution in [0, 0.1) is 11.3 Å². The van der Waals surface area contributed by atoms with Crippen molar-refractivity contribution in [1.82, 2.24) is 5.32 Å². The van der Waals surface area contributed by atoms with Crippen LogP contribution in [-0.2, 0) is 0 Å². The lowest BCUT2D eigenvalue weighted by Gasteiger charge is -2.29. The van der Waals surface area contributed by atoms with Gasteiger partial charge in [0.15, 0.2) is 0 Å². The average Bonchev–Trinajstić information content (AvgIpc) is 2.93. The minimum atomic E-state index is 0.301. The van der Waals surface area contributed by atoms with Gasteiger partial charge >= 0.3 is 0 Å². The summed E-state index contributed by atoms with van der Waals surface area (Å²) >= 11 is 0. The van der Waals surface area contributed by atoms with Crippen LogP contribution < -0.4 is 10.1 Å². The van der Waals surface area contributed by atoms with E-state index in [9.17, 15) is 5.26 Å². The van der Waals surface area contributed by atoms with Gasteiger partial charge < -0.3 is 10.1 Å². The summed E-state index contributed by atoms with van der Waals surface area (Å²) in [4.78, 5) is 0. The molecule has 116 valence electrons. The average molecular weight is 304 g/mol. The summed E-state index contributed by atoms with van der Waals surface area (Å²) in [6.07, 6.45) is 5.04. The number of hydrogen-bond acceptors (Lipinski definition) is 3. The monoisotopic (exact) mass is 304 g/mol. The zero-order valence-electron chi connectivity index (χ0n) is 13.0. The van der Waals surface area contributed by atoms with Crippen molar-refractivity contribution in [2.24, 2.45) is 0 Å². The Morgan fingerprint density at radius 2 is 1.78 bits per heavy atom. The second kappa shape index (κ2) is 6.06. The molecular formula is C20H20N2O. The minimum Gasteiger partial charge on any atom is -0.490 e. The predicted molar refractivity (Wildman–Crippen MR) is 90.2 cm³/mol. The quantitative estimate of drug-likeness (QED) is 0.935. The molecule has 2 heterocycles. The Labute approximate surface area is 136 Å². The van der Waals surface area contributed by atoms with Crippen LogP contribution in [0.2, 0.25) is 0 Å². The molecule has 2 aromatic rings. The van der Waals surface area contributed by atoms with Crippen LogP contribution in [0.1, 0.15) is 31.2 Å². The van der Waals surface area contributed by atoms with E-state index in [-0.39, 0.29) is 0 Å². The molecule has 0 saturated carbocycles. The van der Waals surface area contributed by atoms with Gasteiger partial charge in [-0.2, -0.15) is 5.26 Å². The van der Waals surface area contributed by atoms with E-state index >= 15 is 0 Å². The lowest BCUT2D eigenvalue weighted by Crippen LogP contribution is -2.42. The summed E-state index contributed by atoms with van der Waals surface area (Å²) in [5.74, 6) is 0.904. The molecule has 2 atom stereocenters. The number of nitriles is 1. The molecule has 0 amide bonds. The van der Waals surface area contributed by atoms with Crippen molar-refractivity contribution in [3.05, 3.63) is 54.1 Å². The lowest BCUT2D eigenvalue weighted by atomic mass is 10.00. The van der Waals surface area contributed by atoms with E-state index in [1.54, 1.807) is 0 Å². The van der Waals surface area contributed by atoms with Crippen LogP contribution in [0.3, 0.4) is 0 Å². The maximum Gasteiger partial charge on any atom is 0.120 e. The molecule has 3 nitrogen and oxygen atoms in total. The van der Waals surface area contributed by atoms with Crippen LogP contribution in [0.15, 0.2) is 48.5 Å². The Morgan fingerprint density at radius 3 is 2.57 bits per heavy atom. The summed E-state index contributed by atoms with van der Waals surface area (Å²) in [5.41, 5.74) is 2.70. The second-order valence-electron chi connectivity index (χ2n) is 6.53. The Morgan fingerprint density at radius 1 is 1.00 bits per heavy atom. The first kappa shape index (κ1) is 14.3. The van der Waals surface area contributed by atoms with Gasteiger partial charge in [-0.25, -0.2) is 0 Å². The molecule has 0 aromatic heterocycles. The summed E-state index contributed by atoms with van der Waals surface area (Å²) in [6.45, 7) is 0. The molecule has 1 N–H and O–H groups in total. The van der Waals surface area contributed by atoms with Gasteiger partial charge in [0.25, 0.3) is 0 Å². The molecule has 3 heteroatoms. The summed E-state index contributed by atoms with van der Waals surface area (Å²) in [5, 5.41) is 12.9. The molecule has 4 rings (SSSR count). The lowest BCUT2D eigenvalue weighted by molar-refractivity contribution is 0.137. The standard InChI is InChI=1S/C20H20N2O/c21-13-15-4-1-2-7-20(15)14-5-3-6-18(10-14)23-19-11-16-8-9-17(12-19)22-16/h1-7,10,16-17,19,22H,8-9,11-12H2/t16-,17-/m1/s1. The molecule has 0 radical (unpaired) electrons. The van der Waals surface area contributed by atoms with Crippen molar-refractivity contribution in [2.45, 2.75) is 43.9 Å². The molecule has 0 aliphatic carbocycles. The number of nitrogens with zero attached hydrogens (tertiary/aromatic N) is 1. The molecule has 2 saturated heterocycles. The maximum atomic E-state index is 9.29. The minimum absolute atomic E-state index is 0.301. The predicted octanol–water partition coefficient (Wildman–Crippen LogP) is 3.89. The normalized spacial score (nSPS) is 25.8. The molecule has 2 aliphatic rings. The fraction of sp³-hybridized carbons (Fsp3) is 0.350. The number of hydrogen-bond donors (Lipinski definition) is 1. The van der Waals surface area contributed by atoms with Crippen molar-refractivity contribution < 1.29 is 4.74 Å². The number of piperidine rings is 1. The molecule has 2 aliphatic heterocycles. The highest BCUT2D eigenvalue weighted by molar-refractivity contribution is 5.71. The zero-order chi connectivity index (χ0) is 15.6. The second-order valence-corrected chi connectivity index (χ2v) is 6.53. The van der Waals surface area contributed by atoms with Gasteiger partial charge in [-0.1, -0.05) is 30.3 Å². The van der Waals surface area contributed by atoms with E-state index in [0.717, 1.165) is 29.7 Å². The summed E-state index contributed by atoms with van der Waals surface area (Å²) < 4.78 is 6.25. The third-order valence-electron chi connectivity index (χ3n) is 4.93. The first-order valence-electron chi connectivity index (χ1n) is 8.34. The van der Waals surface area contributed by atoms with Gasteiger partial charge in [0.1, 0.15) is 11.9 Å². The van der Waals surface area contributed by atoms with Crippen molar-refractivity contribution in [3.63, 3.8) is 0 Å². The summed E-state index contributed by atoms with van der Waals surface area (Å²) in [6, 6.07) is 19.3. The number of fused-ring (bicyclic) bond motifs is 2. The van der Waals surface area contributed by atoms with E-state index < -0.39 is 0 Å². The topological polar surface area (TPSA) is 45.0 Å². The Balaban J connectivity index is 1.56. The fourth-order valence-electron chi connectivity index (χ4n) is 3.86. The smallest absolute Gasteiger partial charge is 0.120 e. The number of nitrogens with one attached hydrogen (secondary N) is 1. The molecule has 0 spiro atoms. The number of ether oxygens (including phenoxy) is 1. The van der Waals surface area contributed by atoms with Gasteiger partial charge in [0.2, 0.25) is 0 Å². The SMILES string of the molecule is N#Cc1ccccc1-c1cccc(OC2C[C@H]3CC[C@H](C2)N3)c1. The van der Waals surface area contributed by atoms with Crippen molar-refractivity contribution in [1.29, 1.82) is 5.26 Å². The highest BCUT2D eigenvalue weighted by Crippen LogP contribution is 2.31. The van der Waals surface area contributed by atoms with Crippen molar-refractivity contribution in [2.75, 3.05) is 0 Å². The Hall–Kier alpha value is -2.31. The molecule has 2 fully saturated rings. The van der Waals surface area contributed by atoms with Gasteiger partial charge in [-0.05, 0) is 55.0 Å². The Kier molecular flexibility index (Phi) is 3.77. The van der Waals surface area contributed by atoms with Crippen LogP contribution in [0.25, 0.3) is 11.1 Å². The van der Waals surface area contributed by atoms with Crippen molar-refractivity contribution in [3.8, 4) is 22.9 Å². The first-order chi connectivity index (χ1) is 11.3. The molecule has 0 unspecified atom stereocenters. The van der Waals surface area contributed by atoms with Gasteiger partial charge in [0.05, 0.1) is 11.6 Å². The zero-order valence-corrected chi connectivity index (χ0v) is 13.0. The molecule has 23 heavy (non-hydrogen) atoms. The van der Waals surface area contributed by atoms with Crippen LogP contribution in [0.4, 0.5) is 0 Å². The Bertz CT molecular complexity index is 737. The maximum absolute atomic E-state index is 9.29. The highest BCUT2D eigenvalue weighted by atomic mass is 16.5. The van der Waals surface area contributed by atoms with Crippen LogP contribution >= 0.6 is 0 Å². The third kappa shape index (κ3) is 2.95. The van der Waals surface area contributed by atoms with Crippen LogP contribution in [0.5, 0.6) is 5.75 Å². The number of benzene rings is 2. The van der Waals surface area contributed by atoms with Crippen LogP contribution in [-0.4, -0.2) is 18.2 Å². The summed E-state index contributed by atoms with van der Waals surface area (Å²) in [7, 11) is 0. The molecule has 2 bridgehead atoms. The van der Waals surface area contributed by atoms with Gasteiger partial charge in [0, 0.05) is 12.1 Å². The van der Waals surface area contributed by atoms with E-state index in [4.69, 9.17) is 4.74 Å². The largest absolute Gasteiger partial charge is 0.490 e. The van der Waals surface area contributed by atoms with Gasteiger partial charge in [-0.3, -0.25) is 0 Å². The third-order valence-corrected chi connectivity index (χ3v) is 4.93. The molecule has 2 aromatic carbocycles. The fourth-order valence-corrected chi connectivity index (χ4v) is 3.86. The molecular weight excluding hydrogens is 284 g/mol. The van der Waals surface area contributed by atoms with E-state index in [2.05, 4.69) is 17.5 Å².